The lowest BCUT2D eigenvalue weighted by atomic mass is 10.2. The van der Waals surface area contributed by atoms with Crippen LogP contribution >= 0.6 is 15.9 Å². The van der Waals surface area contributed by atoms with E-state index >= 15 is 0 Å². The van der Waals surface area contributed by atoms with Crippen LogP contribution < -0.4 is 10.1 Å². The number of nitrogens with one attached hydrogen (secondary N) is 1. The lowest BCUT2D eigenvalue weighted by Gasteiger charge is -2.16. The number of hydrogen-bond acceptors (Lipinski definition) is 6. The predicted molar refractivity (Wildman–Crippen MR) is 114 cm³/mol. The normalized spacial score (nSPS) is 14.5. The highest BCUT2D eigenvalue weighted by Gasteiger charge is 2.30. The molecule has 11 heteroatoms. The molecule has 0 spiro atoms. The highest BCUT2D eigenvalue weighted by atomic mass is 79.9. The second-order valence-corrected chi connectivity index (χ2v) is 9.59. The van der Waals surface area contributed by atoms with Gasteiger partial charge in [0.15, 0.2) is 12.4 Å². The lowest BCUT2D eigenvalue weighted by Crippen LogP contribution is -2.28. The molecule has 0 bridgehead atoms. The van der Waals surface area contributed by atoms with Gasteiger partial charge in [-0.2, -0.15) is 4.31 Å². The molecule has 0 atom stereocenters. The first kappa shape index (κ1) is 22.2. The summed E-state index contributed by atoms with van der Waals surface area (Å²) in [5.74, 6) is -0.678. The van der Waals surface area contributed by atoms with Gasteiger partial charge in [-0.1, -0.05) is 15.9 Å². The summed E-state index contributed by atoms with van der Waals surface area (Å²) in [6.07, 6.45) is 1.52. The largest absolute Gasteiger partial charge is 0.477 e. The van der Waals surface area contributed by atoms with Crippen LogP contribution in [0.25, 0.3) is 0 Å². The quantitative estimate of drug-likeness (QED) is 0.461. The van der Waals surface area contributed by atoms with Gasteiger partial charge < -0.3 is 10.1 Å². The van der Waals surface area contributed by atoms with E-state index in [0.29, 0.717) is 18.8 Å². The molecule has 1 fully saturated rings. The maximum Gasteiger partial charge on any atom is 0.312 e. The Morgan fingerprint density at radius 1 is 1.23 bits per heavy atom. The molecule has 0 unspecified atom stereocenters. The predicted octanol–water partition coefficient (Wildman–Crippen LogP) is 3.47. The van der Waals surface area contributed by atoms with Gasteiger partial charge in [-0.25, -0.2) is 8.42 Å². The summed E-state index contributed by atoms with van der Waals surface area (Å²) < 4.78 is 32.8. The first-order valence-electron chi connectivity index (χ1n) is 9.16. The fourth-order valence-corrected chi connectivity index (χ4v) is 4.85. The van der Waals surface area contributed by atoms with E-state index < -0.39 is 33.1 Å². The Bertz CT molecular complexity index is 1080. The van der Waals surface area contributed by atoms with Crippen LogP contribution in [0.1, 0.15) is 18.4 Å². The molecule has 0 radical (unpaired) electrons. The molecule has 1 aliphatic heterocycles. The van der Waals surface area contributed by atoms with Gasteiger partial charge in [-0.15, -0.1) is 0 Å². The first-order valence-corrected chi connectivity index (χ1v) is 11.4. The maximum atomic E-state index is 12.6. The molecular formula is C19H20BrN3O6S. The average molecular weight is 498 g/mol. The summed E-state index contributed by atoms with van der Waals surface area (Å²) in [6.45, 7) is 2.19. The second kappa shape index (κ2) is 9.11. The van der Waals surface area contributed by atoms with Crippen LogP contribution in [-0.4, -0.2) is 43.2 Å². The van der Waals surface area contributed by atoms with Crippen LogP contribution in [-0.2, 0) is 14.8 Å². The van der Waals surface area contributed by atoms with E-state index in [9.17, 15) is 23.3 Å². The Balaban J connectivity index is 1.73. The number of aryl methyl sites for hydroxylation is 1. The Morgan fingerprint density at radius 3 is 2.57 bits per heavy atom. The van der Waals surface area contributed by atoms with Crippen LogP contribution in [0, 0.1) is 17.0 Å². The van der Waals surface area contributed by atoms with Crippen molar-refractivity contribution in [3.05, 3.63) is 56.5 Å². The van der Waals surface area contributed by atoms with Crippen LogP contribution in [0.5, 0.6) is 5.75 Å². The molecule has 0 saturated carbocycles. The van der Waals surface area contributed by atoms with E-state index in [1.54, 1.807) is 18.2 Å². The third-order valence-corrected chi connectivity index (χ3v) is 7.41. The zero-order valence-corrected chi connectivity index (χ0v) is 18.5. The van der Waals surface area contributed by atoms with Gasteiger partial charge in [0, 0.05) is 29.3 Å². The van der Waals surface area contributed by atoms with Crippen molar-refractivity contribution < 1.29 is 22.9 Å². The number of carbonyl (C=O) groups excluding carboxylic acids is 1. The molecule has 1 N–H and O–H groups in total. The number of nitro groups is 1. The number of anilines is 1. The fraction of sp³-hybridized carbons (Fsp3) is 0.316. The number of ether oxygens (including phenoxy) is 1. The zero-order valence-electron chi connectivity index (χ0n) is 16.1. The number of nitro benzene ring substituents is 1. The number of benzene rings is 2. The molecule has 160 valence electrons. The van der Waals surface area contributed by atoms with E-state index in [1.807, 2.05) is 6.92 Å². The topological polar surface area (TPSA) is 119 Å². The van der Waals surface area contributed by atoms with Crippen LogP contribution in [0.15, 0.2) is 45.8 Å². The number of rotatable bonds is 7. The summed E-state index contributed by atoms with van der Waals surface area (Å²) in [7, 11) is -3.80. The fourth-order valence-electron chi connectivity index (χ4n) is 3.06. The minimum atomic E-state index is -3.80. The van der Waals surface area contributed by atoms with Crippen molar-refractivity contribution in [1.82, 2.24) is 4.31 Å². The molecule has 1 saturated heterocycles. The van der Waals surface area contributed by atoms with Crippen LogP contribution in [0.4, 0.5) is 11.4 Å². The smallest absolute Gasteiger partial charge is 0.312 e. The van der Waals surface area contributed by atoms with Gasteiger partial charge in [-0.05, 0) is 55.7 Å². The van der Waals surface area contributed by atoms with Crippen molar-refractivity contribution in [2.75, 3.05) is 25.0 Å². The van der Waals surface area contributed by atoms with Gasteiger partial charge in [-0.3, -0.25) is 14.9 Å². The van der Waals surface area contributed by atoms with Gasteiger partial charge in [0.05, 0.1) is 9.82 Å². The van der Waals surface area contributed by atoms with Gasteiger partial charge >= 0.3 is 5.69 Å². The van der Waals surface area contributed by atoms with Crippen molar-refractivity contribution in [1.29, 1.82) is 0 Å². The lowest BCUT2D eigenvalue weighted by molar-refractivity contribution is -0.386. The molecular weight excluding hydrogens is 478 g/mol. The van der Waals surface area contributed by atoms with Crippen LogP contribution in [0.3, 0.4) is 0 Å². The van der Waals surface area contributed by atoms with E-state index in [4.69, 9.17) is 4.74 Å². The first-order chi connectivity index (χ1) is 14.2. The monoisotopic (exact) mass is 497 g/mol. The number of halogens is 1. The van der Waals surface area contributed by atoms with E-state index in [2.05, 4.69) is 21.2 Å². The van der Waals surface area contributed by atoms with E-state index in [-0.39, 0.29) is 10.6 Å². The summed E-state index contributed by atoms with van der Waals surface area (Å²) >= 11 is 3.37. The molecule has 9 nitrogen and oxygen atoms in total. The molecule has 0 aromatic heterocycles. The summed E-state index contributed by atoms with van der Waals surface area (Å²) in [6, 6.07) is 8.69. The molecule has 1 amide bonds. The molecule has 3 rings (SSSR count). The third kappa shape index (κ3) is 4.97. The van der Waals surface area contributed by atoms with Crippen molar-refractivity contribution in [3.8, 4) is 5.75 Å². The third-order valence-electron chi connectivity index (χ3n) is 4.63. The highest BCUT2D eigenvalue weighted by Crippen LogP contribution is 2.32. The molecule has 1 aliphatic rings. The Morgan fingerprint density at radius 2 is 1.93 bits per heavy atom. The number of sulfonamides is 1. The molecule has 1 heterocycles. The van der Waals surface area contributed by atoms with E-state index in [1.165, 1.54) is 16.4 Å². The van der Waals surface area contributed by atoms with Crippen molar-refractivity contribution in [2.45, 2.75) is 24.7 Å². The van der Waals surface area contributed by atoms with Gasteiger partial charge in [0.2, 0.25) is 10.0 Å². The van der Waals surface area contributed by atoms with Gasteiger partial charge in [0.1, 0.15) is 0 Å². The second-order valence-electron chi connectivity index (χ2n) is 6.80. The highest BCUT2D eigenvalue weighted by molar-refractivity contribution is 9.10. The number of amides is 1. The minimum absolute atomic E-state index is 0.168. The summed E-state index contributed by atoms with van der Waals surface area (Å²) in [5, 5.41) is 14.1. The minimum Gasteiger partial charge on any atom is -0.477 e. The standard InChI is InChI=1S/C19H20BrN3O6S/c1-13-10-14(4-6-16(13)20)21-19(24)12-29-18-7-5-15(11-17(18)23(25)26)30(27,28)22-8-2-3-9-22/h4-7,10-11H,2-3,8-9,12H2,1H3,(H,21,24). The SMILES string of the molecule is Cc1cc(NC(=O)COc2ccc(S(=O)(=O)N3CCCC3)cc2[N+](=O)[O-])ccc1Br. The maximum absolute atomic E-state index is 12.6. The van der Waals surface area contributed by atoms with Crippen molar-refractivity contribution >= 4 is 43.2 Å². The zero-order chi connectivity index (χ0) is 21.9. The van der Waals surface area contributed by atoms with Crippen molar-refractivity contribution in [3.63, 3.8) is 0 Å². The van der Waals surface area contributed by atoms with Crippen molar-refractivity contribution in [2.24, 2.45) is 0 Å². The Labute approximate surface area is 182 Å². The number of nitrogens with zero attached hydrogens (tertiary/aromatic N) is 2. The summed E-state index contributed by atoms with van der Waals surface area (Å²) in [4.78, 5) is 22.7. The number of carbonyl (C=O) groups is 1. The molecule has 30 heavy (non-hydrogen) atoms. The molecule has 2 aromatic rings. The molecule has 0 aliphatic carbocycles. The van der Waals surface area contributed by atoms with Crippen LogP contribution in [0.2, 0.25) is 0 Å². The Kier molecular flexibility index (Phi) is 6.74. The van der Waals surface area contributed by atoms with E-state index in [0.717, 1.165) is 28.9 Å². The molecule has 2 aromatic carbocycles. The Hall–Kier alpha value is -2.50. The van der Waals surface area contributed by atoms with Gasteiger partial charge in [0.25, 0.3) is 5.91 Å². The average Bonchev–Trinajstić information content (AvgIpc) is 3.25. The number of hydrogen-bond donors (Lipinski definition) is 1. The summed E-state index contributed by atoms with van der Waals surface area (Å²) in [5.41, 5.74) is 0.979.